The highest BCUT2D eigenvalue weighted by molar-refractivity contribution is 7.13. The van der Waals surface area contributed by atoms with Crippen LogP contribution in [-0.4, -0.2) is 48.1 Å². The number of hydrogen-bond donors (Lipinski definition) is 2. The first-order chi connectivity index (χ1) is 18.2. The van der Waals surface area contributed by atoms with Crippen molar-refractivity contribution in [2.45, 2.75) is 25.8 Å². The fourth-order valence-electron chi connectivity index (χ4n) is 5.19. The Labute approximate surface area is 216 Å². The molecule has 0 atom stereocenters. The first-order valence-corrected chi connectivity index (χ1v) is 13.3. The first-order valence-electron chi connectivity index (χ1n) is 12.5. The zero-order valence-corrected chi connectivity index (χ0v) is 20.9. The predicted octanol–water partition coefficient (Wildman–Crippen LogP) is 6.42. The summed E-state index contributed by atoms with van der Waals surface area (Å²) in [6.07, 6.45) is 11.2. The molecule has 1 aliphatic rings. The summed E-state index contributed by atoms with van der Waals surface area (Å²) in [5.41, 5.74) is 7.25. The third kappa shape index (κ3) is 4.20. The minimum Gasteiger partial charge on any atom is -0.353 e. The molecule has 0 unspecified atom stereocenters. The van der Waals surface area contributed by atoms with Gasteiger partial charge in [0.05, 0.1) is 33.7 Å². The number of aromatic amines is 2. The molecule has 0 aromatic carbocycles. The van der Waals surface area contributed by atoms with E-state index in [1.54, 1.807) is 12.3 Å². The summed E-state index contributed by atoms with van der Waals surface area (Å²) >= 11 is 1.09. The monoisotopic (exact) mass is 509 g/mol. The number of aromatic nitrogens is 6. The molecule has 1 aliphatic heterocycles. The molecule has 7 nitrogen and oxygen atoms in total. The van der Waals surface area contributed by atoms with Crippen LogP contribution < -0.4 is 0 Å². The van der Waals surface area contributed by atoms with Crippen LogP contribution in [0.3, 0.4) is 0 Å². The highest BCUT2D eigenvalue weighted by Gasteiger charge is 2.17. The number of rotatable bonds is 5. The number of hydrogen-bond acceptors (Lipinski definition) is 6. The zero-order chi connectivity index (χ0) is 24.8. The van der Waals surface area contributed by atoms with Gasteiger partial charge in [-0.05, 0) is 67.9 Å². The van der Waals surface area contributed by atoms with Crippen LogP contribution in [0.2, 0.25) is 0 Å². The van der Waals surface area contributed by atoms with Crippen molar-refractivity contribution in [1.29, 1.82) is 0 Å². The molecule has 1 fully saturated rings. The summed E-state index contributed by atoms with van der Waals surface area (Å²) in [6, 6.07) is 11.5. The molecule has 0 aliphatic carbocycles. The molecule has 0 radical (unpaired) electrons. The Morgan fingerprint density at radius 2 is 1.78 bits per heavy atom. The molecule has 7 rings (SSSR count). The standard InChI is InChI=1S/C28H24FN7S/c29-26-5-4-25(37-26)28-19-12-23(33-21(19)6-7-31-28)27-20-11-22(32-15-24(20)34-35-27)18-10-17(13-30-14-18)16-36-8-2-1-3-9-36/h4-7,10-15,33H,1-3,8-9,16H2,(H,34,35). The van der Waals surface area contributed by atoms with Crippen LogP contribution in [0.1, 0.15) is 24.8 Å². The average molecular weight is 510 g/mol. The van der Waals surface area contributed by atoms with Gasteiger partial charge in [0, 0.05) is 47.0 Å². The second kappa shape index (κ2) is 9.17. The van der Waals surface area contributed by atoms with Gasteiger partial charge in [-0.2, -0.15) is 9.49 Å². The number of likely N-dealkylation sites (tertiary alicyclic amines) is 1. The number of pyridine rings is 3. The Bertz CT molecular complexity index is 1730. The predicted molar refractivity (Wildman–Crippen MR) is 145 cm³/mol. The van der Waals surface area contributed by atoms with Gasteiger partial charge in [-0.3, -0.25) is 25.0 Å². The van der Waals surface area contributed by atoms with E-state index >= 15 is 0 Å². The van der Waals surface area contributed by atoms with E-state index in [-0.39, 0.29) is 5.13 Å². The molecule has 37 heavy (non-hydrogen) atoms. The van der Waals surface area contributed by atoms with Crippen LogP contribution >= 0.6 is 11.3 Å². The molecule has 0 saturated carbocycles. The maximum absolute atomic E-state index is 13.7. The van der Waals surface area contributed by atoms with Gasteiger partial charge in [0.15, 0.2) is 5.13 Å². The summed E-state index contributed by atoms with van der Waals surface area (Å²) in [6.45, 7) is 3.21. The number of thiophene rings is 1. The summed E-state index contributed by atoms with van der Waals surface area (Å²) in [7, 11) is 0. The highest BCUT2D eigenvalue weighted by atomic mass is 32.1. The van der Waals surface area contributed by atoms with Gasteiger partial charge < -0.3 is 4.98 Å². The number of H-pyrrole nitrogens is 2. The molecule has 0 amide bonds. The molecule has 2 N–H and O–H groups in total. The van der Waals surface area contributed by atoms with E-state index in [9.17, 15) is 4.39 Å². The molecule has 6 aromatic rings. The van der Waals surface area contributed by atoms with E-state index in [2.05, 4.69) is 42.2 Å². The minimum atomic E-state index is -0.225. The maximum atomic E-state index is 13.7. The largest absolute Gasteiger partial charge is 0.353 e. The lowest BCUT2D eigenvalue weighted by atomic mass is 10.1. The van der Waals surface area contributed by atoms with Gasteiger partial charge >= 0.3 is 0 Å². The minimum absolute atomic E-state index is 0.225. The van der Waals surface area contributed by atoms with E-state index in [1.807, 2.05) is 30.7 Å². The molecule has 184 valence electrons. The van der Waals surface area contributed by atoms with Gasteiger partial charge in [0.25, 0.3) is 0 Å². The van der Waals surface area contributed by atoms with Gasteiger partial charge in [0.2, 0.25) is 0 Å². The molecular weight excluding hydrogens is 485 g/mol. The van der Waals surface area contributed by atoms with Crippen LogP contribution in [0, 0.1) is 5.13 Å². The normalized spacial score (nSPS) is 14.6. The fourth-order valence-corrected chi connectivity index (χ4v) is 5.93. The lowest BCUT2D eigenvalue weighted by molar-refractivity contribution is 0.220. The lowest BCUT2D eigenvalue weighted by Crippen LogP contribution is -2.29. The van der Waals surface area contributed by atoms with E-state index in [1.165, 1.54) is 30.9 Å². The summed E-state index contributed by atoms with van der Waals surface area (Å²) in [5, 5.41) is 9.38. The average Bonchev–Trinajstić information content (AvgIpc) is 3.66. The van der Waals surface area contributed by atoms with Crippen molar-refractivity contribution in [1.82, 2.24) is 35.0 Å². The molecule has 1 saturated heterocycles. The van der Waals surface area contributed by atoms with Crippen molar-refractivity contribution >= 4 is 33.1 Å². The number of piperidine rings is 1. The van der Waals surface area contributed by atoms with Crippen molar-refractivity contribution in [3.63, 3.8) is 0 Å². The Morgan fingerprint density at radius 1 is 0.892 bits per heavy atom. The second-order valence-electron chi connectivity index (χ2n) is 9.51. The van der Waals surface area contributed by atoms with Gasteiger partial charge in [-0.1, -0.05) is 6.42 Å². The van der Waals surface area contributed by atoms with Crippen molar-refractivity contribution < 1.29 is 4.39 Å². The summed E-state index contributed by atoms with van der Waals surface area (Å²) in [4.78, 5) is 20.5. The van der Waals surface area contributed by atoms with E-state index < -0.39 is 0 Å². The van der Waals surface area contributed by atoms with Crippen LogP contribution in [0.5, 0.6) is 0 Å². The van der Waals surface area contributed by atoms with Crippen LogP contribution in [0.4, 0.5) is 4.39 Å². The SMILES string of the molecule is Fc1ccc(-c2nccc3[nH]c(-c4n[nH]c5cnc(-c6cncc(CN7CCCCC7)c6)cc45)cc23)s1. The molecule has 0 spiro atoms. The molecule has 9 heteroatoms. The zero-order valence-electron chi connectivity index (χ0n) is 20.0. The van der Waals surface area contributed by atoms with Gasteiger partial charge in [-0.15, -0.1) is 11.3 Å². The van der Waals surface area contributed by atoms with Crippen molar-refractivity contribution in [3.8, 4) is 33.2 Å². The Hall–Kier alpha value is -3.95. The molecule has 6 aromatic heterocycles. The Morgan fingerprint density at radius 3 is 2.65 bits per heavy atom. The quantitative estimate of drug-likeness (QED) is 0.280. The van der Waals surface area contributed by atoms with Gasteiger partial charge in [0.1, 0.15) is 5.69 Å². The smallest absolute Gasteiger partial charge is 0.177 e. The van der Waals surface area contributed by atoms with Crippen molar-refractivity contribution in [3.05, 3.63) is 71.9 Å². The Balaban J connectivity index is 1.26. The van der Waals surface area contributed by atoms with Crippen molar-refractivity contribution in [2.24, 2.45) is 0 Å². The number of halogens is 1. The molecule has 0 bridgehead atoms. The molecular formula is C28H24FN7S. The maximum Gasteiger partial charge on any atom is 0.177 e. The number of fused-ring (bicyclic) bond motifs is 2. The lowest BCUT2D eigenvalue weighted by Gasteiger charge is -2.26. The highest BCUT2D eigenvalue weighted by Crippen LogP contribution is 2.35. The van der Waals surface area contributed by atoms with Crippen molar-refractivity contribution in [2.75, 3.05) is 13.1 Å². The second-order valence-corrected chi connectivity index (χ2v) is 10.5. The van der Waals surface area contributed by atoms with E-state index in [0.717, 1.165) is 86.0 Å². The number of nitrogens with one attached hydrogen (secondary N) is 2. The van der Waals surface area contributed by atoms with E-state index in [0.29, 0.717) is 0 Å². The fraction of sp³-hybridized carbons (Fsp3) is 0.214. The first kappa shape index (κ1) is 22.3. The van der Waals surface area contributed by atoms with Crippen LogP contribution in [0.25, 0.3) is 55.0 Å². The van der Waals surface area contributed by atoms with Crippen LogP contribution in [-0.2, 0) is 6.54 Å². The topological polar surface area (TPSA) is 86.4 Å². The van der Waals surface area contributed by atoms with Crippen LogP contribution in [0.15, 0.2) is 61.2 Å². The number of nitrogens with zero attached hydrogens (tertiary/aromatic N) is 5. The third-order valence-corrected chi connectivity index (χ3v) is 7.88. The third-order valence-electron chi connectivity index (χ3n) is 7.00. The molecule has 7 heterocycles. The summed E-state index contributed by atoms with van der Waals surface area (Å²) in [5.74, 6) is 0. The Kier molecular flexibility index (Phi) is 5.52. The van der Waals surface area contributed by atoms with Gasteiger partial charge in [-0.25, -0.2) is 0 Å². The summed E-state index contributed by atoms with van der Waals surface area (Å²) < 4.78 is 13.7. The van der Waals surface area contributed by atoms with E-state index in [4.69, 9.17) is 4.98 Å².